The number of hydrogen-bond acceptors (Lipinski definition) is 2. The van der Waals surface area contributed by atoms with Gasteiger partial charge < -0.3 is 10.4 Å². The summed E-state index contributed by atoms with van der Waals surface area (Å²) >= 11 is 3.35. The second-order valence-corrected chi connectivity index (χ2v) is 5.42. The lowest BCUT2D eigenvalue weighted by molar-refractivity contribution is 0.0698. The van der Waals surface area contributed by atoms with Crippen LogP contribution in [0, 0.1) is 5.92 Å². The SMILES string of the molecule is O=C(O)c1ccc(Br)cc1NCCCC1CC1. The fraction of sp³-hybridized carbons (Fsp3) is 0.462. The third-order valence-corrected chi connectivity index (χ3v) is 3.51. The Morgan fingerprint density at radius 2 is 2.24 bits per heavy atom. The molecule has 1 aromatic carbocycles. The first-order chi connectivity index (χ1) is 8.16. The lowest BCUT2D eigenvalue weighted by Gasteiger charge is -2.09. The van der Waals surface area contributed by atoms with Crippen LogP contribution in [-0.2, 0) is 0 Å². The number of halogens is 1. The van der Waals surface area contributed by atoms with Gasteiger partial charge in [-0.25, -0.2) is 4.79 Å². The molecule has 0 atom stereocenters. The standard InChI is InChI=1S/C13H16BrNO2/c14-10-5-6-11(13(16)17)12(8-10)15-7-1-2-9-3-4-9/h5-6,8-9,15H,1-4,7H2,(H,16,17). The van der Waals surface area contributed by atoms with Gasteiger partial charge in [0.15, 0.2) is 0 Å². The van der Waals surface area contributed by atoms with Gasteiger partial charge in [0, 0.05) is 16.7 Å². The van der Waals surface area contributed by atoms with E-state index in [1.54, 1.807) is 12.1 Å². The highest BCUT2D eigenvalue weighted by molar-refractivity contribution is 9.10. The third-order valence-electron chi connectivity index (χ3n) is 3.01. The van der Waals surface area contributed by atoms with Crippen LogP contribution in [0.1, 0.15) is 36.0 Å². The molecule has 4 heteroatoms. The predicted molar refractivity (Wildman–Crippen MR) is 71.5 cm³/mol. The summed E-state index contributed by atoms with van der Waals surface area (Å²) < 4.78 is 0.896. The Balaban J connectivity index is 1.92. The molecule has 1 saturated carbocycles. The molecule has 0 heterocycles. The Bertz CT molecular complexity index is 416. The Morgan fingerprint density at radius 1 is 1.47 bits per heavy atom. The Hall–Kier alpha value is -1.03. The second kappa shape index (κ2) is 5.54. The van der Waals surface area contributed by atoms with Gasteiger partial charge >= 0.3 is 5.97 Å². The minimum absolute atomic E-state index is 0.333. The fourth-order valence-electron chi connectivity index (χ4n) is 1.87. The minimum Gasteiger partial charge on any atom is -0.478 e. The molecule has 0 unspecified atom stereocenters. The molecule has 92 valence electrons. The number of anilines is 1. The molecule has 1 aliphatic rings. The van der Waals surface area contributed by atoms with E-state index in [-0.39, 0.29) is 0 Å². The predicted octanol–water partition coefficient (Wildman–Crippen LogP) is 3.75. The lowest BCUT2D eigenvalue weighted by Crippen LogP contribution is -2.07. The van der Waals surface area contributed by atoms with Gasteiger partial charge in [-0.2, -0.15) is 0 Å². The Labute approximate surface area is 109 Å². The summed E-state index contributed by atoms with van der Waals surface area (Å²) in [5.41, 5.74) is 1.03. The maximum absolute atomic E-state index is 11.0. The van der Waals surface area contributed by atoms with Gasteiger partial charge in [0.1, 0.15) is 0 Å². The number of nitrogens with one attached hydrogen (secondary N) is 1. The van der Waals surface area contributed by atoms with Crippen LogP contribution in [0.5, 0.6) is 0 Å². The van der Waals surface area contributed by atoms with E-state index in [1.807, 2.05) is 6.07 Å². The molecule has 0 radical (unpaired) electrons. The molecule has 0 amide bonds. The van der Waals surface area contributed by atoms with Gasteiger partial charge in [-0.05, 0) is 37.0 Å². The lowest BCUT2D eigenvalue weighted by atomic mass is 10.1. The second-order valence-electron chi connectivity index (χ2n) is 4.51. The molecule has 0 bridgehead atoms. The molecule has 17 heavy (non-hydrogen) atoms. The summed E-state index contributed by atoms with van der Waals surface area (Å²) in [5.74, 6) is 0.0421. The van der Waals surface area contributed by atoms with Gasteiger partial charge in [-0.15, -0.1) is 0 Å². The van der Waals surface area contributed by atoms with Gasteiger partial charge in [-0.3, -0.25) is 0 Å². The Kier molecular flexibility index (Phi) is 4.05. The molecule has 0 aromatic heterocycles. The molecule has 1 aromatic rings. The smallest absolute Gasteiger partial charge is 0.337 e. The number of benzene rings is 1. The first-order valence-corrected chi connectivity index (χ1v) is 6.73. The van der Waals surface area contributed by atoms with E-state index >= 15 is 0 Å². The zero-order valence-electron chi connectivity index (χ0n) is 9.58. The van der Waals surface area contributed by atoms with E-state index in [0.717, 1.165) is 23.4 Å². The molecular weight excluding hydrogens is 282 g/mol. The number of carbonyl (C=O) groups is 1. The van der Waals surface area contributed by atoms with Crippen LogP contribution >= 0.6 is 15.9 Å². The monoisotopic (exact) mass is 297 g/mol. The van der Waals surface area contributed by atoms with Crippen molar-refractivity contribution in [3.8, 4) is 0 Å². The number of rotatable bonds is 6. The third kappa shape index (κ3) is 3.73. The molecule has 0 aliphatic heterocycles. The summed E-state index contributed by atoms with van der Waals surface area (Å²) in [5, 5.41) is 12.3. The maximum atomic E-state index is 11.0. The average molecular weight is 298 g/mol. The van der Waals surface area contributed by atoms with Crippen LogP contribution in [0.15, 0.2) is 22.7 Å². The highest BCUT2D eigenvalue weighted by Crippen LogP contribution is 2.33. The fourth-order valence-corrected chi connectivity index (χ4v) is 2.23. The largest absolute Gasteiger partial charge is 0.478 e. The highest BCUT2D eigenvalue weighted by Gasteiger charge is 2.20. The van der Waals surface area contributed by atoms with E-state index in [1.165, 1.54) is 19.3 Å². The zero-order valence-corrected chi connectivity index (χ0v) is 11.2. The van der Waals surface area contributed by atoms with E-state index in [4.69, 9.17) is 5.11 Å². The van der Waals surface area contributed by atoms with Crippen molar-refractivity contribution in [3.05, 3.63) is 28.2 Å². The van der Waals surface area contributed by atoms with Gasteiger partial charge in [0.05, 0.1) is 5.56 Å². The molecule has 3 nitrogen and oxygen atoms in total. The van der Waals surface area contributed by atoms with Crippen molar-refractivity contribution in [2.75, 3.05) is 11.9 Å². The maximum Gasteiger partial charge on any atom is 0.337 e. The summed E-state index contributed by atoms with van der Waals surface area (Å²) in [6.45, 7) is 0.841. The van der Waals surface area contributed by atoms with Gasteiger partial charge in [0.2, 0.25) is 0 Å². The van der Waals surface area contributed by atoms with Gasteiger partial charge in [-0.1, -0.05) is 28.8 Å². The number of carboxylic acid groups (broad SMARTS) is 1. The van der Waals surface area contributed by atoms with Crippen LogP contribution in [0.2, 0.25) is 0 Å². The average Bonchev–Trinajstić information content (AvgIpc) is 3.08. The van der Waals surface area contributed by atoms with Crippen LogP contribution < -0.4 is 5.32 Å². The summed E-state index contributed by atoms with van der Waals surface area (Å²) in [7, 11) is 0. The van der Waals surface area contributed by atoms with E-state index in [9.17, 15) is 4.79 Å². The van der Waals surface area contributed by atoms with Crippen molar-refractivity contribution in [2.45, 2.75) is 25.7 Å². The normalized spacial score (nSPS) is 14.6. The zero-order chi connectivity index (χ0) is 12.3. The van der Waals surface area contributed by atoms with Crippen molar-refractivity contribution in [1.82, 2.24) is 0 Å². The van der Waals surface area contributed by atoms with E-state index < -0.39 is 5.97 Å². The molecule has 2 N–H and O–H groups in total. The minimum atomic E-state index is -0.887. The first-order valence-electron chi connectivity index (χ1n) is 5.93. The first kappa shape index (κ1) is 12.4. The van der Waals surface area contributed by atoms with Crippen molar-refractivity contribution in [3.63, 3.8) is 0 Å². The topological polar surface area (TPSA) is 49.3 Å². The van der Waals surface area contributed by atoms with E-state index in [2.05, 4.69) is 21.2 Å². The number of hydrogen-bond donors (Lipinski definition) is 2. The van der Waals surface area contributed by atoms with E-state index in [0.29, 0.717) is 11.3 Å². The molecular formula is C13H16BrNO2. The molecule has 2 rings (SSSR count). The van der Waals surface area contributed by atoms with Crippen LogP contribution in [0.25, 0.3) is 0 Å². The van der Waals surface area contributed by atoms with Crippen molar-refractivity contribution in [2.24, 2.45) is 5.92 Å². The highest BCUT2D eigenvalue weighted by atomic mass is 79.9. The van der Waals surface area contributed by atoms with Crippen molar-refractivity contribution >= 4 is 27.6 Å². The summed E-state index contributed by atoms with van der Waals surface area (Å²) in [4.78, 5) is 11.0. The van der Waals surface area contributed by atoms with Crippen molar-refractivity contribution < 1.29 is 9.90 Å². The molecule has 1 aliphatic carbocycles. The van der Waals surface area contributed by atoms with Crippen LogP contribution in [0.3, 0.4) is 0 Å². The number of aromatic carboxylic acids is 1. The Morgan fingerprint density at radius 3 is 2.88 bits per heavy atom. The van der Waals surface area contributed by atoms with Crippen molar-refractivity contribution in [1.29, 1.82) is 0 Å². The molecule has 1 fully saturated rings. The van der Waals surface area contributed by atoms with Gasteiger partial charge in [0.25, 0.3) is 0 Å². The molecule has 0 spiro atoms. The summed E-state index contributed by atoms with van der Waals surface area (Å²) in [6.07, 6.45) is 5.11. The summed E-state index contributed by atoms with van der Waals surface area (Å²) in [6, 6.07) is 5.19. The quantitative estimate of drug-likeness (QED) is 0.786. The van der Waals surface area contributed by atoms with Crippen LogP contribution in [0.4, 0.5) is 5.69 Å². The molecule has 0 saturated heterocycles. The van der Waals surface area contributed by atoms with Crippen LogP contribution in [-0.4, -0.2) is 17.6 Å². The number of carboxylic acids is 1.